The van der Waals surface area contributed by atoms with Crippen molar-refractivity contribution in [2.75, 3.05) is 7.11 Å². The SMILES string of the molecule is COC(=O)c1ccc2oc(S(=O)(=O)Cl)nc2c1. The molecule has 0 spiro atoms. The van der Waals surface area contributed by atoms with Gasteiger partial charge in [-0.2, -0.15) is 4.98 Å². The quantitative estimate of drug-likeness (QED) is 0.610. The van der Waals surface area contributed by atoms with E-state index in [1.807, 2.05) is 0 Å². The Kier molecular flexibility index (Phi) is 2.80. The van der Waals surface area contributed by atoms with Gasteiger partial charge in [-0.15, -0.1) is 0 Å². The average Bonchev–Trinajstić information content (AvgIpc) is 2.70. The van der Waals surface area contributed by atoms with Crippen LogP contribution in [0.15, 0.2) is 27.8 Å². The molecule has 0 bridgehead atoms. The van der Waals surface area contributed by atoms with E-state index in [0.717, 1.165) is 0 Å². The van der Waals surface area contributed by atoms with Crippen LogP contribution in [0.3, 0.4) is 0 Å². The van der Waals surface area contributed by atoms with Crippen LogP contribution in [0.2, 0.25) is 0 Å². The van der Waals surface area contributed by atoms with Gasteiger partial charge in [0.25, 0.3) is 0 Å². The summed E-state index contributed by atoms with van der Waals surface area (Å²) in [5.41, 5.74) is 0.677. The molecule has 0 saturated carbocycles. The molecule has 0 aliphatic rings. The third-order valence-corrected chi connectivity index (χ3v) is 2.99. The first-order valence-electron chi connectivity index (χ1n) is 4.35. The molecule has 0 saturated heterocycles. The molecule has 0 aliphatic heterocycles. The highest BCUT2D eigenvalue weighted by atomic mass is 35.7. The molecule has 2 aromatic rings. The lowest BCUT2D eigenvalue weighted by Gasteiger charge is -1.96. The first-order chi connectivity index (χ1) is 7.91. The van der Waals surface area contributed by atoms with Crippen LogP contribution >= 0.6 is 10.7 Å². The number of aromatic nitrogens is 1. The molecule has 90 valence electrons. The van der Waals surface area contributed by atoms with Crippen molar-refractivity contribution in [3.63, 3.8) is 0 Å². The van der Waals surface area contributed by atoms with E-state index in [4.69, 9.17) is 15.1 Å². The summed E-state index contributed by atoms with van der Waals surface area (Å²) < 4.78 is 31.4. The molecule has 1 aromatic carbocycles. The monoisotopic (exact) mass is 275 g/mol. The van der Waals surface area contributed by atoms with Crippen LogP contribution in [0, 0.1) is 0 Å². The number of carbonyl (C=O) groups excluding carboxylic acids is 1. The van der Waals surface area contributed by atoms with Crippen molar-refractivity contribution in [2.24, 2.45) is 0 Å². The lowest BCUT2D eigenvalue weighted by atomic mass is 10.2. The maximum Gasteiger partial charge on any atom is 0.337 e. The highest BCUT2D eigenvalue weighted by Crippen LogP contribution is 2.22. The van der Waals surface area contributed by atoms with Crippen LogP contribution < -0.4 is 0 Å². The number of hydrogen-bond acceptors (Lipinski definition) is 6. The molecule has 0 atom stereocenters. The molecule has 0 unspecified atom stereocenters. The molecule has 17 heavy (non-hydrogen) atoms. The van der Waals surface area contributed by atoms with Crippen LogP contribution in [0.1, 0.15) is 10.4 Å². The summed E-state index contributed by atoms with van der Waals surface area (Å²) in [6.45, 7) is 0. The molecule has 0 aliphatic carbocycles. The predicted octanol–water partition coefficient (Wildman–Crippen LogP) is 1.54. The maximum atomic E-state index is 11.2. The largest absolute Gasteiger partial charge is 0.465 e. The first kappa shape index (κ1) is 11.9. The Hall–Kier alpha value is -1.60. The zero-order chi connectivity index (χ0) is 12.6. The van der Waals surface area contributed by atoms with Gasteiger partial charge in [-0.1, -0.05) is 0 Å². The lowest BCUT2D eigenvalue weighted by Crippen LogP contribution is -2.00. The number of halogens is 1. The van der Waals surface area contributed by atoms with E-state index >= 15 is 0 Å². The molecule has 0 radical (unpaired) electrons. The molecule has 8 heteroatoms. The van der Waals surface area contributed by atoms with Crippen molar-refractivity contribution >= 4 is 36.8 Å². The van der Waals surface area contributed by atoms with E-state index in [2.05, 4.69) is 9.72 Å². The third-order valence-electron chi connectivity index (χ3n) is 2.00. The summed E-state index contributed by atoms with van der Waals surface area (Å²) in [5.74, 6) is -0.551. The second-order valence-electron chi connectivity index (χ2n) is 3.09. The van der Waals surface area contributed by atoms with Crippen molar-refractivity contribution in [1.82, 2.24) is 4.98 Å². The Morgan fingerprint density at radius 2 is 2.18 bits per heavy atom. The number of hydrogen-bond donors (Lipinski definition) is 0. The fraction of sp³-hybridized carbons (Fsp3) is 0.111. The highest BCUT2D eigenvalue weighted by molar-refractivity contribution is 8.13. The fourth-order valence-corrected chi connectivity index (χ4v) is 1.85. The molecule has 0 fully saturated rings. The fourth-order valence-electron chi connectivity index (χ4n) is 1.26. The highest BCUT2D eigenvalue weighted by Gasteiger charge is 2.19. The van der Waals surface area contributed by atoms with Crippen molar-refractivity contribution < 1.29 is 22.4 Å². The summed E-state index contributed by atoms with van der Waals surface area (Å²) in [6.07, 6.45) is 0. The minimum absolute atomic E-state index is 0.215. The number of nitrogens with zero attached hydrogens (tertiary/aromatic N) is 1. The van der Waals surface area contributed by atoms with Gasteiger partial charge in [0.05, 0.1) is 12.7 Å². The van der Waals surface area contributed by atoms with Crippen LogP contribution in [0.25, 0.3) is 11.1 Å². The molecule has 0 amide bonds. The van der Waals surface area contributed by atoms with Gasteiger partial charge in [0, 0.05) is 10.7 Å². The third kappa shape index (κ3) is 2.25. The number of oxazole rings is 1. The summed E-state index contributed by atoms with van der Waals surface area (Å²) in [4.78, 5) is 14.9. The molecule has 6 nitrogen and oxygen atoms in total. The molecule has 1 heterocycles. The Morgan fingerprint density at radius 1 is 1.47 bits per heavy atom. The van der Waals surface area contributed by atoms with Gasteiger partial charge in [0.1, 0.15) is 5.52 Å². The van der Waals surface area contributed by atoms with Gasteiger partial charge in [-0.3, -0.25) is 0 Å². The van der Waals surface area contributed by atoms with E-state index < -0.39 is 20.2 Å². The normalized spacial score (nSPS) is 11.6. The van der Waals surface area contributed by atoms with Gasteiger partial charge in [0.2, 0.25) is 0 Å². The van der Waals surface area contributed by atoms with Crippen LogP contribution in [-0.2, 0) is 13.8 Å². The molecule has 1 aromatic heterocycles. The van der Waals surface area contributed by atoms with E-state index in [1.54, 1.807) is 0 Å². The van der Waals surface area contributed by atoms with Crippen LogP contribution in [-0.4, -0.2) is 26.5 Å². The molecular formula is C9H6ClNO5S. The van der Waals surface area contributed by atoms with Gasteiger partial charge >= 0.3 is 20.2 Å². The molecule has 0 N–H and O–H groups in total. The first-order valence-corrected chi connectivity index (χ1v) is 6.66. The van der Waals surface area contributed by atoms with E-state index in [0.29, 0.717) is 0 Å². The Labute approximate surface area is 101 Å². The lowest BCUT2D eigenvalue weighted by molar-refractivity contribution is 0.0601. The van der Waals surface area contributed by atoms with E-state index in [1.165, 1.54) is 25.3 Å². The smallest absolute Gasteiger partial charge is 0.337 e. The second-order valence-corrected chi connectivity index (χ2v) is 5.54. The topological polar surface area (TPSA) is 86.5 Å². The molecular weight excluding hydrogens is 270 g/mol. The maximum absolute atomic E-state index is 11.2. The minimum atomic E-state index is -4.03. The van der Waals surface area contributed by atoms with Crippen molar-refractivity contribution in [3.8, 4) is 0 Å². The zero-order valence-electron chi connectivity index (χ0n) is 8.51. The average molecular weight is 276 g/mol. The number of ether oxygens (including phenoxy) is 1. The number of benzene rings is 1. The minimum Gasteiger partial charge on any atom is -0.465 e. The van der Waals surface area contributed by atoms with Crippen LogP contribution in [0.5, 0.6) is 0 Å². The van der Waals surface area contributed by atoms with Gasteiger partial charge in [0.15, 0.2) is 5.58 Å². The van der Waals surface area contributed by atoms with Crippen LogP contribution in [0.4, 0.5) is 0 Å². The van der Waals surface area contributed by atoms with Gasteiger partial charge in [-0.25, -0.2) is 13.2 Å². The zero-order valence-corrected chi connectivity index (χ0v) is 10.1. The number of rotatable bonds is 2. The Morgan fingerprint density at radius 3 is 2.76 bits per heavy atom. The van der Waals surface area contributed by atoms with E-state index in [-0.39, 0.29) is 16.7 Å². The Balaban J connectivity index is 2.60. The van der Waals surface area contributed by atoms with Gasteiger partial charge in [-0.05, 0) is 18.2 Å². The summed E-state index contributed by atoms with van der Waals surface area (Å²) in [5, 5.41) is -0.601. The van der Waals surface area contributed by atoms with Crippen molar-refractivity contribution in [1.29, 1.82) is 0 Å². The summed E-state index contributed by atoms with van der Waals surface area (Å²) in [6, 6.07) is 4.21. The standard InChI is InChI=1S/C9H6ClNO5S/c1-15-8(12)5-2-3-7-6(4-5)11-9(16-7)17(10,13)14/h2-4H,1H3. The number of carbonyl (C=O) groups is 1. The predicted molar refractivity (Wildman–Crippen MR) is 58.4 cm³/mol. The number of esters is 1. The second kappa shape index (κ2) is 4.01. The Bertz CT molecular complexity index is 690. The number of fused-ring (bicyclic) bond motifs is 1. The van der Waals surface area contributed by atoms with Crippen molar-refractivity contribution in [3.05, 3.63) is 23.8 Å². The molecule has 2 rings (SSSR count). The number of methoxy groups -OCH3 is 1. The van der Waals surface area contributed by atoms with Crippen molar-refractivity contribution in [2.45, 2.75) is 5.22 Å². The summed E-state index contributed by atoms with van der Waals surface area (Å²) in [7, 11) is 2.30. The van der Waals surface area contributed by atoms with E-state index in [9.17, 15) is 13.2 Å². The van der Waals surface area contributed by atoms with Gasteiger partial charge < -0.3 is 9.15 Å². The summed E-state index contributed by atoms with van der Waals surface area (Å²) >= 11 is 0.